The summed E-state index contributed by atoms with van der Waals surface area (Å²) in [4.78, 5) is 0. The van der Waals surface area contributed by atoms with Gasteiger partial charge >= 0.3 is 0 Å². The average Bonchev–Trinajstić information content (AvgIpc) is 3.02. The van der Waals surface area contributed by atoms with Gasteiger partial charge in [-0.3, -0.25) is 0 Å². The summed E-state index contributed by atoms with van der Waals surface area (Å²) in [5.74, 6) is 0. The predicted molar refractivity (Wildman–Crippen MR) is 128 cm³/mol. The zero-order chi connectivity index (χ0) is 20.9. The molecule has 2 aromatic rings. The lowest BCUT2D eigenvalue weighted by Crippen LogP contribution is -2.29. The number of benzene rings is 2. The molecule has 0 amide bonds. The lowest BCUT2D eigenvalue weighted by Gasteiger charge is -2.35. The molecular formula is C29H30. The Morgan fingerprint density at radius 3 is 1.66 bits per heavy atom. The second kappa shape index (κ2) is 8.92. The summed E-state index contributed by atoms with van der Waals surface area (Å²) in [7, 11) is 0. The maximum absolute atomic E-state index is 4.02. The Hall–Kier alpha value is -3.12. The molecule has 0 spiro atoms. The van der Waals surface area contributed by atoms with E-state index in [0.29, 0.717) is 0 Å². The molecule has 1 aliphatic carbocycles. The van der Waals surface area contributed by atoms with E-state index in [1.165, 1.54) is 39.0 Å². The van der Waals surface area contributed by atoms with Gasteiger partial charge in [-0.1, -0.05) is 109 Å². The van der Waals surface area contributed by atoms with Crippen LogP contribution in [-0.4, -0.2) is 0 Å². The number of rotatable bonds is 6. The zero-order valence-electron chi connectivity index (χ0n) is 17.9. The molecule has 0 heteroatoms. The van der Waals surface area contributed by atoms with E-state index in [1.807, 2.05) is 6.08 Å². The highest BCUT2D eigenvalue weighted by molar-refractivity contribution is 5.87. The third-order valence-corrected chi connectivity index (χ3v) is 5.40. The molecule has 0 N–H and O–H groups in total. The first kappa shape index (κ1) is 20.6. The first-order chi connectivity index (χ1) is 14.1. The number of hydrogen-bond acceptors (Lipinski definition) is 0. The molecule has 29 heavy (non-hydrogen) atoms. The van der Waals surface area contributed by atoms with E-state index in [4.69, 9.17) is 0 Å². The highest BCUT2D eigenvalue weighted by Crippen LogP contribution is 2.57. The highest BCUT2D eigenvalue weighted by Gasteiger charge is 2.46. The van der Waals surface area contributed by atoms with Crippen molar-refractivity contribution in [3.8, 4) is 11.1 Å². The van der Waals surface area contributed by atoms with Crippen molar-refractivity contribution in [2.24, 2.45) is 0 Å². The van der Waals surface area contributed by atoms with E-state index in [2.05, 4.69) is 125 Å². The molecule has 0 aromatic heterocycles. The van der Waals surface area contributed by atoms with E-state index in [0.717, 1.165) is 0 Å². The number of hydrogen-bond donors (Lipinski definition) is 0. The molecule has 146 valence electrons. The molecule has 1 aliphatic rings. The Morgan fingerprint density at radius 2 is 1.21 bits per heavy atom. The van der Waals surface area contributed by atoms with E-state index >= 15 is 0 Å². The molecule has 0 radical (unpaired) electrons. The van der Waals surface area contributed by atoms with Crippen molar-refractivity contribution in [3.05, 3.63) is 132 Å². The van der Waals surface area contributed by atoms with Gasteiger partial charge in [0.25, 0.3) is 0 Å². The second-order valence-corrected chi connectivity index (χ2v) is 7.56. The van der Waals surface area contributed by atoms with Gasteiger partial charge in [-0.15, -0.1) is 0 Å². The summed E-state index contributed by atoms with van der Waals surface area (Å²) in [5.41, 5.74) is 8.61. The van der Waals surface area contributed by atoms with Crippen molar-refractivity contribution in [2.45, 2.75) is 33.1 Å². The van der Waals surface area contributed by atoms with Gasteiger partial charge in [0.1, 0.15) is 0 Å². The minimum atomic E-state index is -0.383. The van der Waals surface area contributed by atoms with Gasteiger partial charge < -0.3 is 0 Å². The fraction of sp³-hybridized carbons (Fsp3) is 0.172. The van der Waals surface area contributed by atoms with Crippen LogP contribution in [0.1, 0.15) is 38.8 Å². The van der Waals surface area contributed by atoms with E-state index in [1.54, 1.807) is 0 Å². The number of fused-ring (bicyclic) bond motifs is 3. The summed E-state index contributed by atoms with van der Waals surface area (Å²) >= 11 is 0. The zero-order valence-corrected chi connectivity index (χ0v) is 17.9. The minimum absolute atomic E-state index is 0.383. The van der Waals surface area contributed by atoms with Gasteiger partial charge in [-0.2, -0.15) is 0 Å². The summed E-state index contributed by atoms with van der Waals surface area (Å²) in [5, 5.41) is 0. The summed E-state index contributed by atoms with van der Waals surface area (Å²) in [6.07, 6.45) is 17.3. The molecule has 0 nitrogen and oxygen atoms in total. The molecule has 0 fully saturated rings. The van der Waals surface area contributed by atoms with E-state index in [-0.39, 0.29) is 5.41 Å². The van der Waals surface area contributed by atoms with Crippen LogP contribution in [0.5, 0.6) is 0 Å². The van der Waals surface area contributed by atoms with Gasteiger partial charge in [-0.05, 0) is 61.1 Å². The van der Waals surface area contributed by atoms with Crippen molar-refractivity contribution >= 4 is 0 Å². The van der Waals surface area contributed by atoms with Crippen LogP contribution in [0, 0.1) is 0 Å². The molecule has 0 heterocycles. The van der Waals surface area contributed by atoms with Crippen molar-refractivity contribution in [3.63, 3.8) is 0 Å². The largest absolute Gasteiger partial charge is 0.0991 e. The van der Waals surface area contributed by atoms with Crippen molar-refractivity contribution in [1.29, 1.82) is 0 Å². The molecule has 0 atom stereocenters. The van der Waals surface area contributed by atoms with Gasteiger partial charge in [0, 0.05) is 0 Å². The van der Waals surface area contributed by atoms with Crippen LogP contribution in [0.4, 0.5) is 0 Å². The summed E-state index contributed by atoms with van der Waals surface area (Å²) < 4.78 is 0. The fourth-order valence-corrected chi connectivity index (χ4v) is 4.38. The van der Waals surface area contributed by atoms with Crippen LogP contribution in [0.15, 0.2) is 120 Å². The van der Waals surface area contributed by atoms with E-state index in [9.17, 15) is 0 Å². The molecule has 0 bridgehead atoms. The SMILES string of the molecule is C=C/C=C(\C=C/C)C1(C(/C=C\C)=C/C=C(C)C)c2ccccc2-c2ccccc21. The Balaban J connectivity index is 2.55. The fourth-order valence-electron chi connectivity index (χ4n) is 4.38. The third-order valence-electron chi connectivity index (χ3n) is 5.40. The van der Waals surface area contributed by atoms with Gasteiger partial charge in [0.2, 0.25) is 0 Å². The van der Waals surface area contributed by atoms with E-state index < -0.39 is 0 Å². The monoisotopic (exact) mass is 378 g/mol. The first-order valence-electron chi connectivity index (χ1n) is 10.2. The second-order valence-electron chi connectivity index (χ2n) is 7.56. The molecule has 2 aromatic carbocycles. The van der Waals surface area contributed by atoms with Crippen LogP contribution >= 0.6 is 0 Å². The summed E-state index contributed by atoms with van der Waals surface area (Å²) in [6.45, 7) is 12.5. The van der Waals surface area contributed by atoms with Crippen LogP contribution in [0.3, 0.4) is 0 Å². The topological polar surface area (TPSA) is 0 Å². The Bertz CT molecular complexity index is 1000. The van der Waals surface area contributed by atoms with Gasteiger partial charge in [0.05, 0.1) is 5.41 Å². The molecule has 0 saturated carbocycles. The Kier molecular flexibility index (Phi) is 6.34. The third kappa shape index (κ3) is 3.51. The normalized spacial score (nSPS) is 15.4. The lowest BCUT2D eigenvalue weighted by molar-refractivity contribution is 0.765. The maximum Gasteiger partial charge on any atom is 0.0713 e. The van der Waals surface area contributed by atoms with Crippen molar-refractivity contribution < 1.29 is 0 Å². The standard InChI is InChI=1S/C29H30/c1-6-13-23(14-7-2)29(24(15-8-3)21-20-22(4)5)27-18-11-9-16-25(27)26-17-10-12-19-28(26)29/h6-21H,1H2,2-5H3/b14-7-,15-8-,23-13+,24-21+. The molecule has 3 rings (SSSR count). The molecule has 0 aliphatic heterocycles. The van der Waals surface area contributed by atoms with Gasteiger partial charge in [-0.25, -0.2) is 0 Å². The van der Waals surface area contributed by atoms with Crippen LogP contribution in [0.2, 0.25) is 0 Å². The molecular weight excluding hydrogens is 348 g/mol. The lowest BCUT2D eigenvalue weighted by atomic mass is 9.66. The minimum Gasteiger partial charge on any atom is -0.0991 e. The highest BCUT2D eigenvalue weighted by atomic mass is 14.5. The van der Waals surface area contributed by atoms with Crippen molar-refractivity contribution in [2.75, 3.05) is 0 Å². The van der Waals surface area contributed by atoms with Crippen LogP contribution in [-0.2, 0) is 5.41 Å². The van der Waals surface area contributed by atoms with Crippen LogP contribution < -0.4 is 0 Å². The summed E-state index contributed by atoms with van der Waals surface area (Å²) in [6, 6.07) is 17.6. The predicted octanol–water partition coefficient (Wildman–Crippen LogP) is 8.11. The maximum atomic E-state index is 4.02. The first-order valence-corrected chi connectivity index (χ1v) is 10.2. The van der Waals surface area contributed by atoms with Crippen LogP contribution in [0.25, 0.3) is 11.1 Å². The molecule has 0 saturated heterocycles. The Morgan fingerprint density at radius 1 is 0.724 bits per heavy atom. The molecule has 0 unspecified atom stereocenters. The van der Waals surface area contributed by atoms with Gasteiger partial charge in [0.15, 0.2) is 0 Å². The van der Waals surface area contributed by atoms with Crippen molar-refractivity contribution in [1.82, 2.24) is 0 Å². The Labute approximate surface area is 176 Å². The quantitative estimate of drug-likeness (QED) is 0.445. The average molecular weight is 379 g/mol. The number of allylic oxidation sites excluding steroid dienone is 11. The smallest absolute Gasteiger partial charge is 0.0713 e.